The van der Waals surface area contributed by atoms with Crippen molar-refractivity contribution < 1.29 is 14.0 Å². The molecule has 0 unspecified atom stereocenters. The van der Waals surface area contributed by atoms with Gasteiger partial charge in [-0.3, -0.25) is 19.0 Å². The number of aryl methyl sites for hydroxylation is 1. The van der Waals surface area contributed by atoms with Crippen LogP contribution in [0.25, 0.3) is 10.9 Å². The second-order valence-corrected chi connectivity index (χ2v) is 8.98. The third kappa shape index (κ3) is 4.36. The fraction of sp³-hybridized carbons (Fsp3) is 0.154. The molecule has 6 nitrogen and oxygen atoms in total. The lowest BCUT2D eigenvalue weighted by atomic mass is 9.98. The zero-order valence-corrected chi connectivity index (χ0v) is 18.9. The van der Waals surface area contributed by atoms with Crippen LogP contribution in [0, 0.1) is 5.82 Å². The van der Waals surface area contributed by atoms with Crippen LogP contribution in [-0.2, 0) is 17.8 Å². The van der Waals surface area contributed by atoms with Crippen molar-refractivity contribution in [3.63, 3.8) is 0 Å². The maximum absolute atomic E-state index is 14.7. The summed E-state index contributed by atoms with van der Waals surface area (Å²) < 4.78 is 16.2. The summed E-state index contributed by atoms with van der Waals surface area (Å²) >= 11 is 1.11. The molecule has 1 N–H and O–H groups in total. The summed E-state index contributed by atoms with van der Waals surface area (Å²) in [7, 11) is 0. The highest BCUT2D eigenvalue weighted by atomic mass is 32.2. The lowest BCUT2D eigenvalue weighted by molar-refractivity contribution is -0.116. The number of nitrogens with one attached hydrogen (secondary N) is 1. The molecule has 170 valence electrons. The summed E-state index contributed by atoms with van der Waals surface area (Å²) in [5.74, 6) is -1.34. The number of para-hydroxylation sites is 1. The first kappa shape index (κ1) is 22.0. The van der Waals surface area contributed by atoms with E-state index in [2.05, 4.69) is 10.3 Å². The van der Waals surface area contributed by atoms with Crippen LogP contribution >= 0.6 is 11.8 Å². The van der Waals surface area contributed by atoms with Crippen LogP contribution in [0.5, 0.6) is 0 Å². The fourth-order valence-electron chi connectivity index (χ4n) is 3.99. The molecule has 0 radical (unpaired) electrons. The number of anilines is 1. The Morgan fingerprint density at radius 1 is 1.03 bits per heavy atom. The summed E-state index contributed by atoms with van der Waals surface area (Å²) in [6.45, 7) is 0.306. The van der Waals surface area contributed by atoms with Crippen LogP contribution < -0.4 is 10.9 Å². The Labute approximate surface area is 198 Å². The minimum absolute atomic E-state index is 0.0276. The molecule has 2 heterocycles. The van der Waals surface area contributed by atoms with Gasteiger partial charge in [0.2, 0.25) is 5.91 Å². The number of rotatable bonds is 6. The summed E-state index contributed by atoms with van der Waals surface area (Å²) in [4.78, 5) is 42.4. The van der Waals surface area contributed by atoms with Crippen LogP contribution in [0.2, 0.25) is 0 Å². The second-order valence-electron chi connectivity index (χ2n) is 8.04. The number of carbonyl (C=O) groups excluding carboxylic acids is 2. The third-order valence-corrected chi connectivity index (χ3v) is 6.71. The highest BCUT2D eigenvalue weighted by Gasteiger charge is 2.21. The lowest BCUT2D eigenvalue weighted by Gasteiger charge is -2.18. The molecule has 0 bridgehead atoms. The maximum atomic E-state index is 14.7. The molecular weight excluding hydrogens is 453 g/mol. The molecule has 8 heteroatoms. The van der Waals surface area contributed by atoms with E-state index < -0.39 is 11.6 Å². The minimum atomic E-state index is -0.681. The number of thioether (sulfide) groups is 1. The predicted molar refractivity (Wildman–Crippen MR) is 130 cm³/mol. The number of benzene rings is 3. The van der Waals surface area contributed by atoms with Gasteiger partial charge in [-0.1, -0.05) is 54.2 Å². The van der Waals surface area contributed by atoms with E-state index in [9.17, 15) is 18.8 Å². The Kier molecular flexibility index (Phi) is 5.98. The molecule has 1 aliphatic heterocycles. The van der Waals surface area contributed by atoms with Gasteiger partial charge in [-0.25, -0.2) is 9.37 Å². The quantitative estimate of drug-likeness (QED) is 0.254. The monoisotopic (exact) mass is 473 g/mol. The van der Waals surface area contributed by atoms with E-state index in [0.29, 0.717) is 41.1 Å². The number of Topliss-reactive ketones (excluding diaryl/α,β-unsaturated/α-hetero) is 1. The first-order valence-corrected chi connectivity index (χ1v) is 11.8. The number of amides is 1. The summed E-state index contributed by atoms with van der Waals surface area (Å²) in [5.41, 5.74) is 2.39. The number of nitrogens with zero attached hydrogens (tertiary/aromatic N) is 2. The molecule has 4 aromatic rings. The Bertz CT molecular complexity index is 1480. The van der Waals surface area contributed by atoms with Crippen molar-refractivity contribution in [2.45, 2.75) is 24.5 Å². The maximum Gasteiger partial charge on any atom is 0.262 e. The van der Waals surface area contributed by atoms with Crippen molar-refractivity contribution in [3.05, 3.63) is 99.6 Å². The van der Waals surface area contributed by atoms with Gasteiger partial charge in [0.25, 0.3) is 5.56 Å². The molecule has 0 fully saturated rings. The Morgan fingerprint density at radius 3 is 2.62 bits per heavy atom. The standard InChI is InChI=1S/C26H20FN3O3S/c27-20-13-22-17(10-11-24(32)28-22)12-19(20)23(31)15-34-26-29-21-9-5-4-8-18(21)25(33)30(26)14-16-6-2-1-3-7-16/h1-9,12-13H,10-11,14-15H2,(H,28,32). The molecule has 5 rings (SSSR count). The van der Waals surface area contributed by atoms with Crippen molar-refractivity contribution in [3.8, 4) is 0 Å². The first-order valence-electron chi connectivity index (χ1n) is 10.8. The smallest absolute Gasteiger partial charge is 0.262 e. The number of halogens is 1. The Morgan fingerprint density at radius 2 is 1.79 bits per heavy atom. The third-order valence-electron chi connectivity index (χ3n) is 5.73. The Hall–Kier alpha value is -3.78. The summed E-state index contributed by atoms with van der Waals surface area (Å²) in [6.07, 6.45) is 0.755. The van der Waals surface area contributed by atoms with E-state index in [1.807, 2.05) is 30.3 Å². The van der Waals surface area contributed by atoms with Gasteiger partial charge in [-0.15, -0.1) is 0 Å². The molecule has 0 atom stereocenters. The van der Waals surface area contributed by atoms with E-state index >= 15 is 0 Å². The molecule has 1 aliphatic rings. The number of carbonyl (C=O) groups is 2. The topological polar surface area (TPSA) is 81.1 Å². The minimum Gasteiger partial charge on any atom is -0.326 e. The normalized spacial score (nSPS) is 12.9. The van der Waals surface area contributed by atoms with Gasteiger partial charge in [0, 0.05) is 12.1 Å². The molecule has 1 amide bonds. The van der Waals surface area contributed by atoms with Crippen molar-refractivity contribution in [2.24, 2.45) is 0 Å². The van der Waals surface area contributed by atoms with Crippen molar-refractivity contribution in [2.75, 3.05) is 11.1 Å². The number of ketones is 1. The van der Waals surface area contributed by atoms with Gasteiger partial charge in [-0.05, 0) is 41.8 Å². The van der Waals surface area contributed by atoms with Crippen LogP contribution in [-0.4, -0.2) is 27.0 Å². The Balaban J connectivity index is 1.46. The zero-order chi connectivity index (χ0) is 23.7. The molecule has 0 saturated heterocycles. The number of hydrogen-bond acceptors (Lipinski definition) is 5. The zero-order valence-electron chi connectivity index (χ0n) is 18.1. The van der Waals surface area contributed by atoms with E-state index in [1.54, 1.807) is 28.8 Å². The lowest BCUT2D eigenvalue weighted by Crippen LogP contribution is -2.24. The SMILES string of the molecule is O=C1CCc2cc(C(=O)CSc3nc4ccccc4c(=O)n3Cc3ccccc3)c(F)cc2N1. The van der Waals surface area contributed by atoms with Crippen LogP contribution in [0.1, 0.15) is 27.9 Å². The first-order chi connectivity index (χ1) is 16.5. The molecule has 0 saturated carbocycles. The van der Waals surface area contributed by atoms with E-state index in [-0.39, 0.29) is 22.8 Å². The van der Waals surface area contributed by atoms with Crippen LogP contribution in [0.15, 0.2) is 76.7 Å². The van der Waals surface area contributed by atoms with E-state index in [0.717, 1.165) is 22.9 Å². The van der Waals surface area contributed by atoms with E-state index in [4.69, 9.17) is 0 Å². The van der Waals surface area contributed by atoms with Crippen molar-refractivity contribution in [1.29, 1.82) is 0 Å². The molecule has 0 spiro atoms. The average Bonchev–Trinajstić information content (AvgIpc) is 2.84. The van der Waals surface area contributed by atoms with Crippen molar-refractivity contribution in [1.82, 2.24) is 9.55 Å². The van der Waals surface area contributed by atoms with Gasteiger partial charge in [-0.2, -0.15) is 0 Å². The largest absolute Gasteiger partial charge is 0.326 e. The highest BCUT2D eigenvalue weighted by Crippen LogP contribution is 2.27. The fourth-order valence-corrected chi connectivity index (χ4v) is 4.87. The second kappa shape index (κ2) is 9.23. The van der Waals surface area contributed by atoms with Crippen LogP contribution in [0.3, 0.4) is 0 Å². The molecule has 0 aliphatic carbocycles. The summed E-state index contributed by atoms with van der Waals surface area (Å²) in [6, 6.07) is 19.3. The molecule has 3 aromatic carbocycles. The van der Waals surface area contributed by atoms with Gasteiger partial charge in [0.15, 0.2) is 10.9 Å². The number of hydrogen-bond donors (Lipinski definition) is 1. The van der Waals surface area contributed by atoms with E-state index in [1.165, 1.54) is 12.1 Å². The van der Waals surface area contributed by atoms with Crippen LogP contribution in [0.4, 0.5) is 10.1 Å². The highest BCUT2D eigenvalue weighted by molar-refractivity contribution is 7.99. The molecular formula is C26H20FN3O3S. The van der Waals surface area contributed by atoms with Gasteiger partial charge in [0.1, 0.15) is 5.82 Å². The number of fused-ring (bicyclic) bond motifs is 2. The van der Waals surface area contributed by atoms with Gasteiger partial charge < -0.3 is 5.32 Å². The molecule has 1 aromatic heterocycles. The average molecular weight is 474 g/mol. The van der Waals surface area contributed by atoms with Crippen molar-refractivity contribution >= 4 is 40.0 Å². The molecule has 34 heavy (non-hydrogen) atoms. The van der Waals surface area contributed by atoms with Gasteiger partial charge >= 0.3 is 0 Å². The summed E-state index contributed by atoms with van der Waals surface area (Å²) in [5, 5.41) is 3.53. The van der Waals surface area contributed by atoms with Gasteiger partial charge in [0.05, 0.1) is 28.8 Å². The number of aromatic nitrogens is 2. The predicted octanol–water partition coefficient (Wildman–Crippen LogP) is 4.44.